The number of pyridine rings is 1. The molecule has 0 saturated carbocycles. The van der Waals surface area contributed by atoms with E-state index in [9.17, 15) is 4.79 Å². The van der Waals surface area contributed by atoms with Crippen LogP contribution in [0.3, 0.4) is 0 Å². The maximum absolute atomic E-state index is 12.5. The molecule has 0 unspecified atom stereocenters. The average Bonchev–Trinajstić information content (AvgIpc) is 3.46. The Bertz CT molecular complexity index is 1320. The normalized spacial score (nSPS) is 17.0. The minimum atomic E-state index is 0.122. The molecule has 4 aromatic rings. The first-order valence-corrected chi connectivity index (χ1v) is 12.0. The number of nitrogens with zero attached hydrogens (tertiary/aromatic N) is 3. The Labute approximate surface area is 185 Å². The van der Waals surface area contributed by atoms with Crippen LogP contribution < -0.4 is 10.5 Å². The van der Waals surface area contributed by atoms with Crippen molar-refractivity contribution in [1.29, 1.82) is 0 Å². The third kappa shape index (κ3) is 3.34. The van der Waals surface area contributed by atoms with Gasteiger partial charge >= 0.3 is 0 Å². The van der Waals surface area contributed by atoms with Gasteiger partial charge in [0.25, 0.3) is 5.56 Å². The lowest BCUT2D eigenvalue weighted by Crippen LogP contribution is -2.47. The van der Waals surface area contributed by atoms with Gasteiger partial charge in [-0.15, -0.1) is 0 Å². The van der Waals surface area contributed by atoms with Gasteiger partial charge in [-0.2, -0.15) is 4.37 Å². The maximum Gasteiger partial charge on any atom is 0.251 e. The lowest BCUT2D eigenvalue weighted by molar-refractivity contribution is 0.261. The topological polar surface area (TPSA) is 52.2 Å². The van der Waals surface area contributed by atoms with Crippen molar-refractivity contribution in [3.05, 3.63) is 69.5 Å². The molecule has 6 rings (SSSR count). The van der Waals surface area contributed by atoms with Crippen LogP contribution in [0, 0.1) is 0 Å². The monoisotopic (exact) mass is 430 g/mol. The number of benzene rings is 2. The molecule has 6 heteroatoms. The number of fused-ring (bicyclic) bond motifs is 4. The fourth-order valence-electron chi connectivity index (χ4n) is 5.25. The van der Waals surface area contributed by atoms with Crippen LogP contribution in [0.2, 0.25) is 0 Å². The number of aryl methyl sites for hydroxylation is 1. The first-order chi connectivity index (χ1) is 15.3. The quantitative estimate of drug-likeness (QED) is 0.532. The molecule has 5 nitrogen and oxygen atoms in total. The zero-order valence-electron chi connectivity index (χ0n) is 17.6. The lowest BCUT2D eigenvalue weighted by Gasteiger charge is -2.35. The highest BCUT2D eigenvalue weighted by Crippen LogP contribution is 2.30. The van der Waals surface area contributed by atoms with Crippen LogP contribution in [0.15, 0.2) is 47.3 Å². The molecular formula is C25H26N4OS. The number of nitrogens with one attached hydrogen (secondary N) is 1. The SMILES string of the molecule is O=c1[nH]c2c(CCN3CCN(c4nsc5ccccc45)CC3)cccc2c2c1CCC2. The van der Waals surface area contributed by atoms with Gasteiger partial charge in [-0.3, -0.25) is 9.69 Å². The Hall–Kier alpha value is -2.70. The van der Waals surface area contributed by atoms with Crippen molar-refractivity contribution >= 4 is 38.3 Å². The van der Waals surface area contributed by atoms with E-state index < -0.39 is 0 Å². The molecule has 0 radical (unpaired) electrons. The smallest absolute Gasteiger partial charge is 0.251 e. The zero-order valence-corrected chi connectivity index (χ0v) is 18.4. The number of hydrogen-bond donors (Lipinski definition) is 1. The van der Waals surface area contributed by atoms with E-state index in [-0.39, 0.29) is 5.56 Å². The van der Waals surface area contributed by atoms with Gasteiger partial charge < -0.3 is 9.88 Å². The molecule has 0 atom stereocenters. The molecule has 158 valence electrons. The van der Waals surface area contributed by atoms with Crippen LogP contribution in [0.1, 0.15) is 23.1 Å². The van der Waals surface area contributed by atoms with Crippen molar-refractivity contribution in [3.8, 4) is 0 Å². The summed E-state index contributed by atoms with van der Waals surface area (Å²) in [5, 5.41) is 2.53. The van der Waals surface area contributed by atoms with Gasteiger partial charge in [0.05, 0.1) is 10.2 Å². The molecule has 2 aromatic carbocycles. The molecular weight excluding hydrogens is 404 g/mol. The third-order valence-corrected chi connectivity index (χ3v) is 7.75. The Morgan fingerprint density at radius 2 is 1.74 bits per heavy atom. The van der Waals surface area contributed by atoms with Gasteiger partial charge in [-0.25, -0.2) is 0 Å². The van der Waals surface area contributed by atoms with Crippen molar-refractivity contribution in [2.45, 2.75) is 25.7 Å². The average molecular weight is 431 g/mol. The lowest BCUT2D eigenvalue weighted by atomic mass is 10.0. The Morgan fingerprint density at radius 1 is 0.935 bits per heavy atom. The van der Waals surface area contributed by atoms with E-state index in [0.717, 1.165) is 75.3 Å². The van der Waals surface area contributed by atoms with Crippen molar-refractivity contribution in [3.63, 3.8) is 0 Å². The Morgan fingerprint density at radius 3 is 2.65 bits per heavy atom. The highest BCUT2D eigenvalue weighted by atomic mass is 32.1. The molecule has 2 aliphatic rings. The van der Waals surface area contributed by atoms with E-state index in [1.54, 1.807) is 11.5 Å². The molecule has 0 bridgehead atoms. The minimum absolute atomic E-state index is 0.122. The molecule has 31 heavy (non-hydrogen) atoms. The molecule has 1 saturated heterocycles. The Kier molecular flexibility index (Phi) is 4.77. The van der Waals surface area contributed by atoms with E-state index in [1.807, 2.05) is 0 Å². The van der Waals surface area contributed by atoms with Crippen LogP contribution in [-0.4, -0.2) is 47.0 Å². The van der Waals surface area contributed by atoms with Crippen LogP contribution in [0.5, 0.6) is 0 Å². The van der Waals surface area contributed by atoms with Gasteiger partial charge in [-0.1, -0.05) is 30.3 Å². The number of rotatable bonds is 4. The number of para-hydroxylation sites is 1. The minimum Gasteiger partial charge on any atom is -0.353 e. The van der Waals surface area contributed by atoms with Gasteiger partial charge in [-0.05, 0) is 60.5 Å². The van der Waals surface area contributed by atoms with Gasteiger partial charge in [0, 0.05) is 49.1 Å². The highest BCUT2D eigenvalue weighted by molar-refractivity contribution is 7.13. The number of aromatic nitrogens is 2. The molecule has 2 aromatic heterocycles. The molecule has 3 heterocycles. The van der Waals surface area contributed by atoms with E-state index >= 15 is 0 Å². The van der Waals surface area contributed by atoms with E-state index in [4.69, 9.17) is 4.37 Å². The summed E-state index contributed by atoms with van der Waals surface area (Å²) < 4.78 is 5.98. The first-order valence-electron chi connectivity index (χ1n) is 11.3. The van der Waals surface area contributed by atoms with Crippen LogP contribution in [0.25, 0.3) is 21.0 Å². The van der Waals surface area contributed by atoms with Gasteiger partial charge in [0.1, 0.15) is 5.82 Å². The fourth-order valence-corrected chi connectivity index (χ4v) is 6.05. The van der Waals surface area contributed by atoms with Crippen LogP contribution >= 0.6 is 11.5 Å². The van der Waals surface area contributed by atoms with Crippen molar-refractivity contribution < 1.29 is 0 Å². The second kappa shape index (κ2) is 7.77. The summed E-state index contributed by atoms with van der Waals surface area (Å²) in [7, 11) is 0. The van der Waals surface area contributed by atoms with Crippen LogP contribution in [0.4, 0.5) is 5.82 Å². The standard InChI is InChI=1S/C25H26N4OS/c30-25-20-9-4-7-18(20)19-8-3-5-17(23(19)26-25)11-12-28-13-15-29(16-14-28)24-21-6-1-2-10-22(21)31-27-24/h1-3,5-6,8,10H,4,7,9,11-16H2,(H,26,30). The van der Waals surface area contributed by atoms with Crippen LogP contribution in [-0.2, 0) is 19.3 Å². The summed E-state index contributed by atoms with van der Waals surface area (Å²) in [4.78, 5) is 20.7. The molecule has 1 fully saturated rings. The zero-order chi connectivity index (χ0) is 20.8. The van der Waals surface area contributed by atoms with Crippen molar-refractivity contribution in [2.24, 2.45) is 0 Å². The van der Waals surface area contributed by atoms with Gasteiger partial charge in [0.2, 0.25) is 0 Å². The summed E-state index contributed by atoms with van der Waals surface area (Å²) in [6, 6.07) is 15.0. The first kappa shape index (κ1) is 19.0. The van der Waals surface area contributed by atoms with E-state index in [0.29, 0.717) is 0 Å². The number of H-pyrrole nitrogens is 1. The predicted octanol–water partition coefficient (Wildman–Crippen LogP) is 3.99. The number of aromatic amines is 1. The number of piperazine rings is 1. The summed E-state index contributed by atoms with van der Waals surface area (Å²) in [6.45, 7) is 5.12. The molecule has 1 N–H and O–H groups in total. The summed E-state index contributed by atoms with van der Waals surface area (Å²) in [5.74, 6) is 1.14. The molecule has 1 aliphatic heterocycles. The highest BCUT2D eigenvalue weighted by Gasteiger charge is 2.22. The maximum atomic E-state index is 12.5. The summed E-state index contributed by atoms with van der Waals surface area (Å²) >= 11 is 1.59. The predicted molar refractivity (Wildman–Crippen MR) is 129 cm³/mol. The molecule has 0 amide bonds. The number of hydrogen-bond acceptors (Lipinski definition) is 5. The van der Waals surface area contributed by atoms with Crippen molar-refractivity contribution in [1.82, 2.24) is 14.3 Å². The summed E-state index contributed by atoms with van der Waals surface area (Å²) in [6.07, 6.45) is 4.02. The second-order valence-corrected chi connectivity index (χ2v) is 9.49. The summed E-state index contributed by atoms with van der Waals surface area (Å²) in [5.41, 5.74) is 4.73. The van der Waals surface area contributed by atoms with E-state index in [1.165, 1.54) is 26.6 Å². The fraction of sp³-hybridized carbons (Fsp3) is 0.360. The van der Waals surface area contributed by atoms with E-state index in [2.05, 4.69) is 57.2 Å². The largest absolute Gasteiger partial charge is 0.353 e. The second-order valence-electron chi connectivity index (χ2n) is 8.69. The molecule has 1 aliphatic carbocycles. The Balaban J connectivity index is 1.16. The number of anilines is 1. The molecule has 0 spiro atoms. The van der Waals surface area contributed by atoms with Gasteiger partial charge in [0.15, 0.2) is 0 Å². The third-order valence-electron chi connectivity index (χ3n) is 6.93. The van der Waals surface area contributed by atoms with Crippen molar-refractivity contribution in [2.75, 3.05) is 37.6 Å².